The molecule has 3 rings (SSSR count). The lowest BCUT2D eigenvalue weighted by molar-refractivity contribution is -0.126. The van der Waals surface area contributed by atoms with Gasteiger partial charge in [-0.25, -0.2) is 0 Å². The quantitative estimate of drug-likeness (QED) is 0.634. The Hall–Kier alpha value is -3.16. The van der Waals surface area contributed by atoms with Gasteiger partial charge in [-0.2, -0.15) is 4.98 Å². The second kappa shape index (κ2) is 6.53. The Kier molecular flexibility index (Phi) is 4.28. The molecule has 1 aliphatic rings. The molecule has 24 heavy (non-hydrogen) atoms. The lowest BCUT2D eigenvalue weighted by atomic mass is 9.92. The molecular formula is C16H17N5O3. The van der Waals surface area contributed by atoms with Crippen molar-refractivity contribution < 1.29 is 9.59 Å². The van der Waals surface area contributed by atoms with Crippen LogP contribution in [0.2, 0.25) is 0 Å². The van der Waals surface area contributed by atoms with Crippen molar-refractivity contribution in [1.82, 2.24) is 15.3 Å². The van der Waals surface area contributed by atoms with Gasteiger partial charge < -0.3 is 16.4 Å². The van der Waals surface area contributed by atoms with Gasteiger partial charge in [-0.05, 0) is 12.0 Å². The van der Waals surface area contributed by atoms with Crippen molar-refractivity contribution in [2.24, 2.45) is 0 Å². The summed E-state index contributed by atoms with van der Waals surface area (Å²) in [6, 6.07) is 9.70. The van der Waals surface area contributed by atoms with E-state index in [0.717, 1.165) is 5.56 Å². The molecule has 2 amide bonds. The summed E-state index contributed by atoms with van der Waals surface area (Å²) < 4.78 is 0. The van der Waals surface area contributed by atoms with E-state index in [0.29, 0.717) is 13.0 Å². The number of rotatable bonds is 4. The number of amides is 2. The minimum absolute atomic E-state index is 0.0516. The van der Waals surface area contributed by atoms with Crippen molar-refractivity contribution in [3.63, 3.8) is 0 Å². The zero-order valence-electron chi connectivity index (χ0n) is 12.8. The molecule has 1 aromatic heterocycles. The van der Waals surface area contributed by atoms with Crippen LogP contribution in [0, 0.1) is 0 Å². The molecule has 0 saturated carbocycles. The molecule has 124 valence electrons. The van der Waals surface area contributed by atoms with Gasteiger partial charge in [-0.15, -0.1) is 0 Å². The molecule has 1 aliphatic heterocycles. The monoisotopic (exact) mass is 327 g/mol. The predicted octanol–water partition coefficient (Wildman–Crippen LogP) is 0.137. The Morgan fingerprint density at radius 1 is 1.29 bits per heavy atom. The average Bonchev–Trinajstić information content (AvgIpc) is 2.54. The second-order valence-corrected chi connectivity index (χ2v) is 5.54. The zero-order valence-corrected chi connectivity index (χ0v) is 12.8. The number of carbonyl (C=O) groups is 2. The van der Waals surface area contributed by atoms with E-state index >= 15 is 0 Å². The Labute approximate surface area is 137 Å². The number of nitrogens with two attached hydrogens (primary N) is 1. The van der Waals surface area contributed by atoms with Gasteiger partial charge >= 0.3 is 0 Å². The van der Waals surface area contributed by atoms with Gasteiger partial charge in [0, 0.05) is 13.0 Å². The molecule has 8 heteroatoms. The third-order valence-corrected chi connectivity index (χ3v) is 3.84. The van der Waals surface area contributed by atoms with Crippen molar-refractivity contribution in [3.05, 3.63) is 51.8 Å². The van der Waals surface area contributed by atoms with Crippen LogP contribution in [0.15, 0.2) is 35.1 Å². The first-order valence-electron chi connectivity index (χ1n) is 7.56. The molecule has 0 radical (unpaired) electrons. The number of nitrogens with zero attached hydrogens (tertiary/aromatic N) is 1. The molecule has 1 atom stereocenters. The van der Waals surface area contributed by atoms with Crippen LogP contribution in [0.3, 0.4) is 0 Å². The molecule has 8 nitrogen and oxygen atoms in total. The minimum atomic E-state index is -0.874. The molecular weight excluding hydrogens is 310 g/mol. The van der Waals surface area contributed by atoms with Gasteiger partial charge in [0.2, 0.25) is 17.8 Å². The number of H-pyrrole nitrogens is 1. The highest BCUT2D eigenvalue weighted by atomic mass is 16.2. The molecule has 0 saturated heterocycles. The topological polar surface area (TPSA) is 130 Å². The van der Waals surface area contributed by atoms with E-state index in [9.17, 15) is 14.4 Å². The van der Waals surface area contributed by atoms with Gasteiger partial charge in [0.25, 0.3) is 5.56 Å². The minimum Gasteiger partial charge on any atom is -0.369 e. The summed E-state index contributed by atoms with van der Waals surface area (Å²) >= 11 is 0. The number of hydrogen-bond acceptors (Lipinski definition) is 5. The van der Waals surface area contributed by atoms with Gasteiger partial charge in [0.1, 0.15) is 5.82 Å². The summed E-state index contributed by atoms with van der Waals surface area (Å²) in [5, 5.41) is 5.25. The number of nitrogen functional groups attached to an aromatic ring is 1. The van der Waals surface area contributed by atoms with Crippen LogP contribution in [0.1, 0.15) is 23.5 Å². The first-order valence-corrected chi connectivity index (χ1v) is 7.56. The highest BCUT2D eigenvalue weighted by molar-refractivity contribution is 6.00. The molecule has 0 aliphatic carbocycles. The zero-order chi connectivity index (χ0) is 17.1. The number of aromatic nitrogens is 2. The first kappa shape index (κ1) is 15.7. The van der Waals surface area contributed by atoms with Crippen molar-refractivity contribution in [1.29, 1.82) is 0 Å². The van der Waals surface area contributed by atoms with Gasteiger partial charge in [-0.3, -0.25) is 19.4 Å². The predicted molar refractivity (Wildman–Crippen MR) is 88.4 cm³/mol. The van der Waals surface area contributed by atoms with Gasteiger partial charge in [0.15, 0.2) is 0 Å². The molecule has 1 aromatic carbocycles. The Balaban J connectivity index is 1.74. The molecule has 2 aromatic rings. The van der Waals surface area contributed by atoms with E-state index in [1.165, 1.54) is 0 Å². The fraction of sp³-hybridized carbons (Fsp3) is 0.250. The summed E-state index contributed by atoms with van der Waals surface area (Å²) in [6.07, 6.45) is 0.563. The maximum atomic E-state index is 12.4. The summed E-state index contributed by atoms with van der Waals surface area (Å²) in [5.41, 5.74) is 6.19. The highest BCUT2D eigenvalue weighted by Crippen LogP contribution is 2.28. The summed E-state index contributed by atoms with van der Waals surface area (Å²) in [4.78, 5) is 42.6. The van der Waals surface area contributed by atoms with E-state index in [-0.39, 0.29) is 35.6 Å². The highest BCUT2D eigenvalue weighted by Gasteiger charge is 2.34. The smallest absolute Gasteiger partial charge is 0.258 e. The Bertz CT molecular complexity index is 831. The van der Waals surface area contributed by atoms with Crippen LogP contribution >= 0.6 is 0 Å². The summed E-state index contributed by atoms with van der Waals surface area (Å²) in [7, 11) is 0. The molecule has 0 bridgehead atoms. The third-order valence-electron chi connectivity index (χ3n) is 3.84. The van der Waals surface area contributed by atoms with Crippen LogP contribution in [-0.2, 0) is 16.0 Å². The largest absolute Gasteiger partial charge is 0.369 e. The van der Waals surface area contributed by atoms with E-state index in [2.05, 4.69) is 20.6 Å². The fourth-order valence-corrected chi connectivity index (χ4v) is 2.71. The lowest BCUT2D eigenvalue weighted by Gasteiger charge is -2.23. The van der Waals surface area contributed by atoms with Gasteiger partial charge in [0.05, 0.1) is 11.5 Å². The van der Waals surface area contributed by atoms with Crippen molar-refractivity contribution in [3.8, 4) is 0 Å². The second-order valence-electron chi connectivity index (χ2n) is 5.54. The summed E-state index contributed by atoms with van der Waals surface area (Å²) in [5.74, 6) is -1.68. The number of anilines is 2. The van der Waals surface area contributed by atoms with Crippen molar-refractivity contribution >= 4 is 23.6 Å². The van der Waals surface area contributed by atoms with E-state index in [1.54, 1.807) is 0 Å². The Morgan fingerprint density at radius 3 is 2.79 bits per heavy atom. The number of aromatic amines is 1. The number of nitrogens with one attached hydrogen (secondary N) is 3. The fourth-order valence-electron chi connectivity index (χ4n) is 2.71. The summed E-state index contributed by atoms with van der Waals surface area (Å²) in [6.45, 7) is 0.413. The van der Waals surface area contributed by atoms with E-state index in [4.69, 9.17) is 5.73 Å². The SMILES string of the molecule is Nc1nc2c(c(=O)[nH]1)[C@H](C(=O)NCCc1ccccc1)CC(=O)N2. The van der Waals surface area contributed by atoms with E-state index < -0.39 is 11.5 Å². The van der Waals surface area contributed by atoms with Crippen LogP contribution in [-0.4, -0.2) is 28.3 Å². The van der Waals surface area contributed by atoms with Crippen LogP contribution in [0.5, 0.6) is 0 Å². The number of hydrogen-bond donors (Lipinski definition) is 4. The van der Waals surface area contributed by atoms with Crippen molar-refractivity contribution in [2.75, 3.05) is 17.6 Å². The number of carbonyl (C=O) groups excluding carboxylic acids is 2. The van der Waals surface area contributed by atoms with Crippen LogP contribution in [0.25, 0.3) is 0 Å². The first-order chi connectivity index (χ1) is 11.5. The van der Waals surface area contributed by atoms with Gasteiger partial charge in [-0.1, -0.05) is 30.3 Å². The number of fused-ring (bicyclic) bond motifs is 1. The van der Waals surface area contributed by atoms with Crippen LogP contribution < -0.4 is 21.9 Å². The molecule has 0 spiro atoms. The molecule has 0 fully saturated rings. The molecule has 2 heterocycles. The normalized spacial score (nSPS) is 16.2. The average molecular weight is 327 g/mol. The molecule has 0 unspecified atom stereocenters. The van der Waals surface area contributed by atoms with Crippen molar-refractivity contribution in [2.45, 2.75) is 18.8 Å². The number of benzene rings is 1. The standard InChI is InChI=1S/C16H17N5O3/c17-16-20-13-12(15(24)21-16)10(8-11(22)19-13)14(23)18-7-6-9-4-2-1-3-5-9/h1-5,10H,6-8H2,(H,18,23)(H4,17,19,20,21,22,24)/t10-/m1/s1. The van der Waals surface area contributed by atoms with Crippen LogP contribution in [0.4, 0.5) is 11.8 Å². The third kappa shape index (κ3) is 3.27. The lowest BCUT2D eigenvalue weighted by Crippen LogP contribution is -2.39. The van der Waals surface area contributed by atoms with E-state index in [1.807, 2.05) is 30.3 Å². The maximum absolute atomic E-state index is 12.4. The Morgan fingerprint density at radius 2 is 2.04 bits per heavy atom. The molecule has 5 N–H and O–H groups in total. The maximum Gasteiger partial charge on any atom is 0.258 e.